The molecule has 2 aromatic carbocycles. The summed E-state index contributed by atoms with van der Waals surface area (Å²) in [4.78, 5) is 10.2. The van der Waals surface area contributed by atoms with Gasteiger partial charge in [-0.2, -0.15) is 0 Å². The summed E-state index contributed by atoms with van der Waals surface area (Å²) >= 11 is 5.84. The molecule has 0 bridgehead atoms. The van der Waals surface area contributed by atoms with E-state index in [1.165, 1.54) is 0 Å². The zero-order valence-electron chi connectivity index (χ0n) is 9.19. The summed E-state index contributed by atoms with van der Waals surface area (Å²) in [6, 6.07) is 15.8. The molecule has 0 aliphatic rings. The minimum atomic E-state index is 0.560. The average Bonchev–Trinajstić information content (AvgIpc) is 2.38. The van der Waals surface area contributed by atoms with Crippen LogP contribution in [-0.2, 0) is 11.3 Å². The van der Waals surface area contributed by atoms with Crippen molar-refractivity contribution in [2.45, 2.75) is 6.54 Å². The standard InChI is InChI=1S/C14H12ClNO/c15-14-7-5-13(6-8-14)12-3-1-11(2-4-12)9-16-10-17/h1-8,10H,9H2,(H,16,17). The van der Waals surface area contributed by atoms with Crippen LogP contribution in [0.1, 0.15) is 5.56 Å². The van der Waals surface area contributed by atoms with Crippen LogP contribution in [0.25, 0.3) is 11.1 Å². The van der Waals surface area contributed by atoms with Gasteiger partial charge >= 0.3 is 0 Å². The second kappa shape index (κ2) is 5.51. The molecule has 2 rings (SSSR count). The van der Waals surface area contributed by atoms with E-state index in [0.717, 1.165) is 21.7 Å². The average molecular weight is 246 g/mol. The van der Waals surface area contributed by atoms with Crippen LogP contribution in [-0.4, -0.2) is 6.41 Å². The normalized spacial score (nSPS) is 9.94. The molecule has 17 heavy (non-hydrogen) atoms. The first-order valence-electron chi connectivity index (χ1n) is 5.31. The number of carbonyl (C=O) groups excluding carboxylic acids is 1. The zero-order chi connectivity index (χ0) is 12.1. The quantitative estimate of drug-likeness (QED) is 0.824. The predicted molar refractivity (Wildman–Crippen MR) is 69.8 cm³/mol. The Morgan fingerprint density at radius 3 is 2.00 bits per heavy atom. The van der Waals surface area contributed by atoms with E-state index in [2.05, 4.69) is 5.32 Å². The molecule has 2 aromatic rings. The van der Waals surface area contributed by atoms with Crippen molar-refractivity contribution in [1.29, 1.82) is 0 Å². The van der Waals surface area contributed by atoms with Gasteiger partial charge < -0.3 is 5.32 Å². The van der Waals surface area contributed by atoms with Gasteiger partial charge in [-0.15, -0.1) is 0 Å². The fraction of sp³-hybridized carbons (Fsp3) is 0.0714. The number of halogens is 1. The molecular weight excluding hydrogens is 234 g/mol. The van der Waals surface area contributed by atoms with Gasteiger partial charge in [-0.3, -0.25) is 4.79 Å². The lowest BCUT2D eigenvalue weighted by Crippen LogP contribution is -2.09. The summed E-state index contributed by atoms with van der Waals surface area (Å²) < 4.78 is 0. The van der Waals surface area contributed by atoms with E-state index in [1.54, 1.807) is 0 Å². The Morgan fingerprint density at radius 1 is 0.941 bits per heavy atom. The van der Waals surface area contributed by atoms with Gasteiger partial charge in [-0.25, -0.2) is 0 Å². The molecule has 0 atom stereocenters. The highest BCUT2D eigenvalue weighted by atomic mass is 35.5. The molecule has 1 N–H and O–H groups in total. The third kappa shape index (κ3) is 3.08. The van der Waals surface area contributed by atoms with Crippen LogP contribution in [0.3, 0.4) is 0 Å². The minimum absolute atomic E-state index is 0.560. The SMILES string of the molecule is O=CNCc1ccc(-c2ccc(Cl)cc2)cc1. The molecule has 0 saturated carbocycles. The molecule has 0 heterocycles. The van der Waals surface area contributed by atoms with Gasteiger partial charge in [-0.1, -0.05) is 48.0 Å². The summed E-state index contributed by atoms with van der Waals surface area (Å²) in [7, 11) is 0. The number of nitrogens with one attached hydrogen (secondary N) is 1. The first-order chi connectivity index (χ1) is 8.29. The van der Waals surface area contributed by atoms with Crippen LogP contribution in [0.5, 0.6) is 0 Å². The van der Waals surface area contributed by atoms with E-state index in [-0.39, 0.29) is 0 Å². The summed E-state index contributed by atoms with van der Waals surface area (Å²) in [5.41, 5.74) is 3.34. The smallest absolute Gasteiger partial charge is 0.207 e. The fourth-order valence-corrected chi connectivity index (χ4v) is 1.74. The Kier molecular flexibility index (Phi) is 3.78. The van der Waals surface area contributed by atoms with Gasteiger partial charge in [0.15, 0.2) is 0 Å². The van der Waals surface area contributed by atoms with Gasteiger partial charge in [0.25, 0.3) is 0 Å². The number of benzene rings is 2. The number of rotatable bonds is 4. The largest absolute Gasteiger partial charge is 0.355 e. The second-order valence-electron chi connectivity index (χ2n) is 3.70. The van der Waals surface area contributed by atoms with Crippen LogP contribution in [0.2, 0.25) is 5.02 Å². The van der Waals surface area contributed by atoms with Crippen LogP contribution in [0, 0.1) is 0 Å². The van der Waals surface area contributed by atoms with E-state index in [4.69, 9.17) is 11.6 Å². The van der Waals surface area contributed by atoms with Crippen molar-refractivity contribution >= 4 is 18.0 Å². The van der Waals surface area contributed by atoms with Crippen molar-refractivity contribution < 1.29 is 4.79 Å². The van der Waals surface area contributed by atoms with E-state index in [1.807, 2.05) is 48.5 Å². The Labute approximate surface area is 105 Å². The summed E-state index contributed by atoms with van der Waals surface area (Å²) in [6.07, 6.45) is 0.701. The lowest BCUT2D eigenvalue weighted by Gasteiger charge is -2.04. The molecule has 1 amide bonds. The summed E-state index contributed by atoms with van der Waals surface area (Å²) in [5, 5.41) is 3.37. The van der Waals surface area contributed by atoms with Crippen molar-refractivity contribution in [3.05, 3.63) is 59.1 Å². The number of carbonyl (C=O) groups is 1. The zero-order valence-corrected chi connectivity index (χ0v) is 9.95. The first-order valence-corrected chi connectivity index (χ1v) is 5.69. The maximum atomic E-state index is 10.2. The van der Waals surface area contributed by atoms with Gasteiger partial charge in [0.1, 0.15) is 0 Å². The minimum Gasteiger partial charge on any atom is -0.355 e. The fourth-order valence-electron chi connectivity index (χ4n) is 1.62. The van der Waals surface area contributed by atoms with Crippen molar-refractivity contribution in [3.63, 3.8) is 0 Å². The van der Waals surface area contributed by atoms with Gasteiger partial charge in [0.2, 0.25) is 6.41 Å². The van der Waals surface area contributed by atoms with E-state index >= 15 is 0 Å². The number of hydrogen-bond acceptors (Lipinski definition) is 1. The third-order valence-electron chi connectivity index (χ3n) is 2.52. The highest BCUT2D eigenvalue weighted by Crippen LogP contribution is 2.21. The van der Waals surface area contributed by atoms with Crippen LogP contribution >= 0.6 is 11.6 Å². The Morgan fingerprint density at radius 2 is 1.47 bits per heavy atom. The highest BCUT2D eigenvalue weighted by Gasteiger charge is 1.98. The molecule has 0 aromatic heterocycles. The monoisotopic (exact) mass is 245 g/mol. The molecule has 2 nitrogen and oxygen atoms in total. The number of hydrogen-bond donors (Lipinski definition) is 1. The van der Waals surface area contributed by atoms with Crippen LogP contribution < -0.4 is 5.32 Å². The lowest BCUT2D eigenvalue weighted by atomic mass is 10.0. The first kappa shape index (κ1) is 11.7. The van der Waals surface area contributed by atoms with Crippen molar-refractivity contribution in [2.24, 2.45) is 0 Å². The van der Waals surface area contributed by atoms with Gasteiger partial charge in [0.05, 0.1) is 0 Å². The Hall–Kier alpha value is -1.80. The van der Waals surface area contributed by atoms with E-state index < -0.39 is 0 Å². The van der Waals surface area contributed by atoms with Crippen LogP contribution in [0.15, 0.2) is 48.5 Å². The molecule has 0 unspecified atom stereocenters. The highest BCUT2D eigenvalue weighted by molar-refractivity contribution is 6.30. The van der Waals surface area contributed by atoms with E-state index in [0.29, 0.717) is 13.0 Å². The maximum absolute atomic E-state index is 10.2. The summed E-state index contributed by atoms with van der Waals surface area (Å²) in [6.45, 7) is 0.560. The number of amides is 1. The van der Waals surface area contributed by atoms with Crippen LogP contribution in [0.4, 0.5) is 0 Å². The van der Waals surface area contributed by atoms with Gasteiger partial charge in [0, 0.05) is 11.6 Å². The molecule has 3 heteroatoms. The topological polar surface area (TPSA) is 29.1 Å². The lowest BCUT2D eigenvalue weighted by molar-refractivity contribution is -0.109. The Bertz CT molecular complexity index is 491. The maximum Gasteiger partial charge on any atom is 0.207 e. The molecule has 0 aliphatic heterocycles. The molecule has 0 spiro atoms. The van der Waals surface area contributed by atoms with E-state index in [9.17, 15) is 4.79 Å². The second-order valence-corrected chi connectivity index (χ2v) is 4.14. The van der Waals surface area contributed by atoms with Gasteiger partial charge in [-0.05, 0) is 28.8 Å². The molecule has 0 fully saturated rings. The summed E-state index contributed by atoms with van der Waals surface area (Å²) in [5.74, 6) is 0. The molecule has 0 saturated heterocycles. The molecular formula is C14H12ClNO. The predicted octanol–water partition coefficient (Wildman–Crippen LogP) is 3.25. The van der Waals surface area contributed by atoms with Crippen molar-refractivity contribution in [3.8, 4) is 11.1 Å². The molecule has 0 radical (unpaired) electrons. The molecule has 0 aliphatic carbocycles. The Balaban J connectivity index is 2.17. The molecule has 86 valence electrons. The third-order valence-corrected chi connectivity index (χ3v) is 2.77. The van der Waals surface area contributed by atoms with Crippen molar-refractivity contribution in [2.75, 3.05) is 0 Å². The van der Waals surface area contributed by atoms with Crippen molar-refractivity contribution in [1.82, 2.24) is 5.32 Å².